The Morgan fingerprint density at radius 1 is 0.912 bits per heavy atom. The van der Waals surface area contributed by atoms with Crippen LogP contribution in [0.5, 0.6) is 0 Å². The van der Waals surface area contributed by atoms with Crippen LogP contribution < -0.4 is 31.7 Å². The van der Waals surface area contributed by atoms with E-state index in [2.05, 4.69) is 43.2 Å². The van der Waals surface area contributed by atoms with Crippen molar-refractivity contribution in [3.63, 3.8) is 0 Å². The maximum atomic E-state index is 13.8. The number of carbonyl (C=O) groups excluding carboxylic acids is 4. The van der Waals surface area contributed by atoms with Crippen molar-refractivity contribution < 1.29 is 33.4 Å². The highest BCUT2D eigenvalue weighted by atomic mass is 32.2. The Morgan fingerprint density at radius 2 is 1.68 bits per heavy atom. The number of amides is 5. The predicted octanol–water partition coefficient (Wildman–Crippen LogP) is 3.88. The Bertz CT molecular complexity index is 2400. The second kappa shape index (κ2) is 24.6. The quantitative estimate of drug-likeness (QED) is 0.0470. The molecule has 3 fully saturated rings. The zero-order valence-electron chi connectivity index (χ0n) is 39.8. The zero-order valence-corrected chi connectivity index (χ0v) is 40.6. The molecule has 0 unspecified atom stereocenters. The molecule has 0 saturated carbocycles. The van der Waals surface area contributed by atoms with Crippen LogP contribution in [0, 0.1) is 6.92 Å². The molecule has 0 spiro atoms. The predicted molar refractivity (Wildman–Crippen MR) is 261 cm³/mol. The van der Waals surface area contributed by atoms with E-state index in [0.717, 1.165) is 60.5 Å². The molecule has 3 aliphatic heterocycles. The number of piperazine rings is 1. The molecule has 20 heteroatoms. The summed E-state index contributed by atoms with van der Waals surface area (Å²) in [4.78, 5) is 80.0. The highest BCUT2D eigenvalue weighted by Gasteiger charge is 2.42. The summed E-state index contributed by atoms with van der Waals surface area (Å²) in [5.74, 6) is 1.47. The highest BCUT2D eigenvalue weighted by molar-refractivity contribution is 8.00. The van der Waals surface area contributed by atoms with Gasteiger partial charge in [-0.25, -0.2) is 19.4 Å². The number of carbonyl (C=O) groups is 4. The van der Waals surface area contributed by atoms with Crippen LogP contribution in [0.1, 0.15) is 92.5 Å². The number of hydrogen-bond acceptors (Lipinski definition) is 13. The van der Waals surface area contributed by atoms with E-state index in [1.54, 1.807) is 23.1 Å². The number of fused-ring (bicyclic) bond motifs is 2. The van der Waals surface area contributed by atoms with Gasteiger partial charge in [-0.15, -0.1) is 0 Å². The fourth-order valence-electron chi connectivity index (χ4n) is 8.86. The lowest BCUT2D eigenvalue weighted by Crippen LogP contribution is -2.49. The molecule has 7 heterocycles. The van der Waals surface area contributed by atoms with E-state index < -0.39 is 0 Å². The van der Waals surface area contributed by atoms with Crippen molar-refractivity contribution >= 4 is 52.4 Å². The van der Waals surface area contributed by atoms with Gasteiger partial charge in [0.2, 0.25) is 11.8 Å². The minimum Gasteiger partial charge on any atom is -0.379 e. The topological polar surface area (TPSA) is 227 Å². The number of aromatic amines is 1. The SMILES string of the molecule is CCCc1cc(C)[nH]c(=O)c1CNC(=O)c1cc(-c2ccc(N3CCN(C(=O)CCOCCOCCOCCNC(=O)CCCC[C@@H]4SC[C@@H]5NC(=O)N[C@@H]54)CC3)nc2)nc2c1cnn2C(C)C. The summed E-state index contributed by atoms with van der Waals surface area (Å²) in [5, 5.41) is 17.4. The summed E-state index contributed by atoms with van der Waals surface area (Å²) in [6.45, 7) is 13.2. The number of anilines is 1. The lowest BCUT2D eigenvalue weighted by Gasteiger charge is -2.35. The molecule has 0 radical (unpaired) electrons. The summed E-state index contributed by atoms with van der Waals surface area (Å²) >= 11 is 1.89. The van der Waals surface area contributed by atoms with Crippen LogP contribution >= 0.6 is 11.8 Å². The fraction of sp³-hybridized carbons (Fsp3) is 0.583. The van der Waals surface area contributed by atoms with E-state index in [9.17, 15) is 24.0 Å². The van der Waals surface area contributed by atoms with Crippen LogP contribution in [0.4, 0.5) is 10.6 Å². The summed E-state index contributed by atoms with van der Waals surface area (Å²) in [6.07, 6.45) is 8.57. The number of hydrogen-bond donors (Lipinski definition) is 5. The Balaban J connectivity index is 0.763. The Kier molecular flexibility index (Phi) is 18.2. The van der Waals surface area contributed by atoms with Crippen LogP contribution in [0.15, 0.2) is 41.5 Å². The number of urea groups is 1. The van der Waals surface area contributed by atoms with Crippen molar-refractivity contribution in [2.24, 2.45) is 0 Å². The van der Waals surface area contributed by atoms with Gasteiger partial charge in [0.15, 0.2) is 5.65 Å². The van der Waals surface area contributed by atoms with Crippen molar-refractivity contribution in [3.8, 4) is 11.3 Å². The summed E-state index contributed by atoms with van der Waals surface area (Å²) in [7, 11) is 0. The molecule has 7 rings (SSSR count). The molecular weight excluding hydrogens is 891 g/mol. The second-order valence-corrected chi connectivity index (χ2v) is 19.0. The number of aromatic nitrogens is 5. The van der Waals surface area contributed by atoms with Crippen molar-refractivity contribution in [1.29, 1.82) is 0 Å². The Hall–Kier alpha value is -5.57. The van der Waals surface area contributed by atoms with Gasteiger partial charge in [-0.2, -0.15) is 16.9 Å². The van der Waals surface area contributed by atoms with Gasteiger partial charge in [-0.3, -0.25) is 19.2 Å². The first kappa shape index (κ1) is 50.3. The highest BCUT2D eigenvalue weighted by Crippen LogP contribution is 2.33. The Morgan fingerprint density at radius 3 is 2.41 bits per heavy atom. The maximum Gasteiger partial charge on any atom is 0.315 e. The lowest BCUT2D eigenvalue weighted by molar-refractivity contribution is -0.132. The normalized spacial score (nSPS) is 18.0. The van der Waals surface area contributed by atoms with Crippen molar-refractivity contribution in [2.75, 3.05) is 83.0 Å². The number of aryl methyl sites for hydroxylation is 2. The fourth-order valence-corrected chi connectivity index (χ4v) is 10.4. The van der Waals surface area contributed by atoms with E-state index in [0.29, 0.717) is 112 Å². The van der Waals surface area contributed by atoms with E-state index >= 15 is 0 Å². The number of unbranched alkanes of at least 4 members (excludes halogenated alkanes) is 1. The van der Waals surface area contributed by atoms with Gasteiger partial charge in [0.1, 0.15) is 5.82 Å². The van der Waals surface area contributed by atoms with Gasteiger partial charge in [0.05, 0.1) is 81.0 Å². The summed E-state index contributed by atoms with van der Waals surface area (Å²) < 4.78 is 18.6. The maximum absolute atomic E-state index is 13.8. The first-order chi connectivity index (χ1) is 33.0. The third-order valence-corrected chi connectivity index (χ3v) is 14.0. The van der Waals surface area contributed by atoms with Crippen LogP contribution in [0.3, 0.4) is 0 Å². The molecule has 0 aromatic carbocycles. The van der Waals surface area contributed by atoms with Gasteiger partial charge in [-0.1, -0.05) is 19.8 Å². The number of nitrogens with zero attached hydrogens (tertiary/aromatic N) is 6. The van der Waals surface area contributed by atoms with Crippen LogP contribution in [0.25, 0.3) is 22.3 Å². The third kappa shape index (κ3) is 13.4. The van der Waals surface area contributed by atoms with E-state index in [1.807, 2.05) is 55.6 Å². The minimum absolute atomic E-state index is 0.00478. The molecule has 4 aromatic heterocycles. The molecule has 0 aliphatic carbocycles. The first-order valence-corrected chi connectivity index (χ1v) is 25.1. The molecule has 68 heavy (non-hydrogen) atoms. The summed E-state index contributed by atoms with van der Waals surface area (Å²) in [6, 6.07) is 7.96. The minimum atomic E-state index is -0.326. The van der Waals surface area contributed by atoms with Crippen LogP contribution in [0.2, 0.25) is 0 Å². The molecule has 5 N–H and O–H groups in total. The molecule has 3 aliphatic rings. The lowest BCUT2D eigenvalue weighted by atomic mass is 10.0. The molecular formula is C48H67N11O8S. The molecule has 3 atom stereocenters. The number of rotatable bonds is 25. The van der Waals surface area contributed by atoms with Crippen LogP contribution in [-0.2, 0) is 36.8 Å². The average Bonchev–Trinajstić information content (AvgIpc) is 4.04. The Labute approximate surface area is 401 Å². The van der Waals surface area contributed by atoms with Gasteiger partial charge < -0.3 is 50.3 Å². The molecule has 5 amide bonds. The second-order valence-electron chi connectivity index (χ2n) is 17.8. The van der Waals surface area contributed by atoms with Gasteiger partial charge in [0, 0.05) is 85.8 Å². The zero-order chi connectivity index (χ0) is 48.0. The number of pyridine rings is 3. The molecule has 0 bridgehead atoms. The monoisotopic (exact) mass is 957 g/mol. The van der Waals surface area contributed by atoms with E-state index in [4.69, 9.17) is 24.2 Å². The molecule has 3 saturated heterocycles. The van der Waals surface area contributed by atoms with E-state index in [-0.39, 0.29) is 60.4 Å². The number of ether oxygens (including phenoxy) is 3. The molecule has 4 aromatic rings. The number of nitrogens with one attached hydrogen (secondary N) is 5. The first-order valence-electron chi connectivity index (χ1n) is 24.0. The standard InChI is InChI=1S/C48H67N11O8S/c1-5-8-33-25-32(4)53-47(63)36(33)28-51-46(62)35-26-38(54-45-37(35)29-52-59(45)31(2)3)34-11-12-41(50-27-34)57-15-17-58(18-16-57)43(61)13-19-65-21-23-67-24-22-66-20-14-49-42(60)10-7-6-9-40-44-39(30-68-40)55-48(64)56-44/h11-12,25-27,29,31,39-40,44H,5-10,13-24,28,30H2,1-4H3,(H,49,60)(H,51,62)(H,53,63)(H2,55,56,64)/t39-,40-,44-/m0/s1. The van der Waals surface area contributed by atoms with Crippen molar-refractivity contribution in [3.05, 3.63) is 69.4 Å². The smallest absolute Gasteiger partial charge is 0.315 e. The van der Waals surface area contributed by atoms with E-state index in [1.165, 1.54) is 0 Å². The largest absolute Gasteiger partial charge is 0.379 e. The van der Waals surface area contributed by atoms with Crippen LogP contribution in [-0.4, -0.2) is 149 Å². The summed E-state index contributed by atoms with van der Waals surface area (Å²) in [5.41, 5.74) is 4.39. The molecule has 368 valence electrons. The van der Waals surface area contributed by atoms with Gasteiger partial charge >= 0.3 is 6.03 Å². The van der Waals surface area contributed by atoms with Gasteiger partial charge in [-0.05, 0) is 69.9 Å². The van der Waals surface area contributed by atoms with Crippen molar-refractivity contribution in [2.45, 2.75) is 103 Å². The van der Waals surface area contributed by atoms with Crippen molar-refractivity contribution in [1.82, 2.24) is 50.9 Å². The molecule has 19 nitrogen and oxygen atoms in total. The number of thioether (sulfide) groups is 1. The van der Waals surface area contributed by atoms with Gasteiger partial charge in [0.25, 0.3) is 11.5 Å². The third-order valence-electron chi connectivity index (χ3n) is 12.5. The number of H-pyrrole nitrogens is 1. The average molecular weight is 958 g/mol.